The fourth-order valence-corrected chi connectivity index (χ4v) is 3.82. The first kappa shape index (κ1) is 19.4. The van der Waals surface area contributed by atoms with Crippen LogP contribution in [0.15, 0.2) is 48.5 Å². The summed E-state index contributed by atoms with van der Waals surface area (Å²) in [6, 6.07) is 14.5. The number of halogens is 1. The maximum absolute atomic E-state index is 13.6. The van der Waals surface area contributed by atoms with Gasteiger partial charge in [0.15, 0.2) is 0 Å². The van der Waals surface area contributed by atoms with Crippen LogP contribution in [0.25, 0.3) is 0 Å². The molecule has 0 aliphatic carbocycles. The standard InChI is InChI=1S/C21H22FNO3S/c22-18-8-5-4-7-16(18)14-26-17-12-10-15(11-13-17)6-2-1-3-9-19-20(24)23-21(25)27-19/h4-5,7-8,10-13,19H,1-3,6,9,14H2,(H,23,24,25). The van der Waals surface area contributed by atoms with Crippen LogP contribution in [-0.2, 0) is 17.8 Å². The van der Waals surface area contributed by atoms with E-state index in [-0.39, 0.29) is 28.8 Å². The SMILES string of the molecule is O=C1NC(=O)C(CCCCCc2ccc(OCc3ccccc3F)cc2)S1. The molecule has 1 aliphatic heterocycles. The van der Waals surface area contributed by atoms with E-state index in [1.165, 1.54) is 11.6 Å². The predicted molar refractivity (Wildman–Crippen MR) is 104 cm³/mol. The lowest BCUT2D eigenvalue weighted by Crippen LogP contribution is -2.24. The van der Waals surface area contributed by atoms with Gasteiger partial charge in [0, 0.05) is 5.56 Å². The molecule has 0 saturated carbocycles. The van der Waals surface area contributed by atoms with Gasteiger partial charge in [0.05, 0.1) is 5.25 Å². The summed E-state index contributed by atoms with van der Waals surface area (Å²) in [4.78, 5) is 22.6. The van der Waals surface area contributed by atoms with Crippen molar-refractivity contribution in [1.82, 2.24) is 5.32 Å². The van der Waals surface area contributed by atoms with Gasteiger partial charge in [-0.1, -0.05) is 54.9 Å². The van der Waals surface area contributed by atoms with Gasteiger partial charge in [0.2, 0.25) is 5.91 Å². The summed E-state index contributed by atoms with van der Waals surface area (Å²) >= 11 is 1.10. The van der Waals surface area contributed by atoms with E-state index in [0.29, 0.717) is 5.56 Å². The molecule has 1 N–H and O–H groups in total. The molecular weight excluding hydrogens is 365 g/mol. The van der Waals surface area contributed by atoms with Crippen LogP contribution >= 0.6 is 11.8 Å². The molecule has 0 aromatic heterocycles. The topological polar surface area (TPSA) is 55.4 Å². The molecule has 0 radical (unpaired) electrons. The molecule has 2 aromatic rings. The zero-order valence-electron chi connectivity index (χ0n) is 14.9. The van der Waals surface area contributed by atoms with Crippen LogP contribution in [0.4, 0.5) is 9.18 Å². The summed E-state index contributed by atoms with van der Waals surface area (Å²) in [6.45, 7) is 0.210. The van der Waals surface area contributed by atoms with Crippen LogP contribution in [0.5, 0.6) is 5.75 Å². The highest BCUT2D eigenvalue weighted by Gasteiger charge is 2.30. The number of carbonyl (C=O) groups is 2. The smallest absolute Gasteiger partial charge is 0.286 e. The minimum Gasteiger partial charge on any atom is -0.489 e. The number of amides is 2. The second-order valence-corrected chi connectivity index (χ2v) is 7.68. The van der Waals surface area contributed by atoms with Crippen molar-refractivity contribution in [3.05, 3.63) is 65.5 Å². The fourth-order valence-electron chi connectivity index (χ4n) is 2.95. The molecule has 4 nitrogen and oxygen atoms in total. The Labute approximate surface area is 162 Å². The largest absolute Gasteiger partial charge is 0.489 e. The summed E-state index contributed by atoms with van der Waals surface area (Å²) in [5.41, 5.74) is 1.76. The lowest BCUT2D eigenvalue weighted by molar-refractivity contribution is -0.119. The quantitative estimate of drug-likeness (QED) is 0.625. The van der Waals surface area contributed by atoms with Crippen LogP contribution in [0.2, 0.25) is 0 Å². The van der Waals surface area contributed by atoms with E-state index in [0.717, 1.165) is 49.6 Å². The minimum absolute atomic E-state index is 0.157. The Morgan fingerprint density at radius 1 is 1.00 bits per heavy atom. The molecule has 2 aromatic carbocycles. The van der Waals surface area contributed by atoms with Gasteiger partial charge in [-0.2, -0.15) is 0 Å². The zero-order chi connectivity index (χ0) is 19.1. The third-order valence-electron chi connectivity index (χ3n) is 4.47. The minimum atomic E-state index is -0.257. The van der Waals surface area contributed by atoms with Gasteiger partial charge in [-0.15, -0.1) is 0 Å². The van der Waals surface area contributed by atoms with Gasteiger partial charge in [-0.3, -0.25) is 14.9 Å². The van der Waals surface area contributed by atoms with Crippen molar-refractivity contribution >= 4 is 22.9 Å². The molecule has 1 heterocycles. The van der Waals surface area contributed by atoms with Gasteiger partial charge in [-0.25, -0.2) is 4.39 Å². The third-order valence-corrected chi connectivity index (χ3v) is 5.52. The van der Waals surface area contributed by atoms with Crippen molar-refractivity contribution in [2.24, 2.45) is 0 Å². The van der Waals surface area contributed by atoms with Gasteiger partial charge < -0.3 is 4.74 Å². The molecule has 1 aliphatic rings. The van der Waals surface area contributed by atoms with Gasteiger partial charge >= 0.3 is 0 Å². The van der Waals surface area contributed by atoms with Crippen LogP contribution in [0.1, 0.15) is 36.8 Å². The van der Waals surface area contributed by atoms with Gasteiger partial charge in [0.1, 0.15) is 18.2 Å². The van der Waals surface area contributed by atoms with E-state index in [4.69, 9.17) is 4.74 Å². The zero-order valence-corrected chi connectivity index (χ0v) is 15.8. The van der Waals surface area contributed by atoms with Crippen molar-refractivity contribution in [2.45, 2.75) is 44.0 Å². The van der Waals surface area contributed by atoms with Crippen molar-refractivity contribution in [3.8, 4) is 5.75 Å². The lowest BCUT2D eigenvalue weighted by atomic mass is 10.1. The highest BCUT2D eigenvalue weighted by Crippen LogP contribution is 2.24. The molecule has 1 atom stereocenters. The fraction of sp³-hybridized carbons (Fsp3) is 0.333. The third kappa shape index (κ3) is 5.82. The molecule has 1 fully saturated rings. The summed E-state index contributed by atoms with van der Waals surface area (Å²) in [5, 5.41) is 1.86. The first-order chi connectivity index (χ1) is 13.1. The molecule has 27 heavy (non-hydrogen) atoms. The predicted octanol–water partition coefficient (Wildman–Crippen LogP) is 4.86. The van der Waals surface area contributed by atoms with Crippen LogP contribution in [0, 0.1) is 5.82 Å². The molecule has 0 bridgehead atoms. The van der Waals surface area contributed by atoms with E-state index in [2.05, 4.69) is 5.32 Å². The maximum Gasteiger partial charge on any atom is 0.286 e. The Morgan fingerprint density at radius 2 is 1.78 bits per heavy atom. The maximum atomic E-state index is 13.6. The molecule has 142 valence electrons. The summed E-state index contributed by atoms with van der Waals surface area (Å²) in [7, 11) is 0. The van der Waals surface area contributed by atoms with Crippen molar-refractivity contribution in [3.63, 3.8) is 0 Å². The number of unbranched alkanes of at least 4 members (excludes halogenated alkanes) is 2. The highest BCUT2D eigenvalue weighted by atomic mass is 32.2. The Bertz CT molecular complexity index is 794. The summed E-state index contributed by atoms with van der Waals surface area (Å²) in [5.74, 6) is 0.305. The molecular formula is C21H22FNO3S. The lowest BCUT2D eigenvalue weighted by Gasteiger charge is -2.08. The number of ether oxygens (including phenoxy) is 1. The average Bonchev–Trinajstić information content (AvgIpc) is 2.99. The Morgan fingerprint density at radius 3 is 2.48 bits per heavy atom. The number of rotatable bonds is 9. The number of aryl methyl sites for hydroxylation is 1. The Balaban J connectivity index is 1.35. The van der Waals surface area contributed by atoms with E-state index in [1.807, 2.05) is 24.3 Å². The molecule has 3 rings (SSSR count). The van der Waals surface area contributed by atoms with Crippen LogP contribution in [0.3, 0.4) is 0 Å². The van der Waals surface area contributed by atoms with Crippen LogP contribution < -0.4 is 10.1 Å². The first-order valence-electron chi connectivity index (χ1n) is 9.08. The number of imide groups is 1. The second kappa shape index (κ2) is 9.55. The van der Waals surface area contributed by atoms with Crippen molar-refractivity contribution in [1.29, 1.82) is 0 Å². The summed E-state index contributed by atoms with van der Waals surface area (Å²) < 4.78 is 19.2. The average molecular weight is 387 g/mol. The monoisotopic (exact) mass is 387 g/mol. The van der Waals surface area contributed by atoms with E-state index in [9.17, 15) is 14.0 Å². The number of benzene rings is 2. The highest BCUT2D eigenvalue weighted by molar-refractivity contribution is 8.15. The second-order valence-electron chi connectivity index (χ2n) is 6.51. The number of nitrogens with one attached hydrogen (secondary N) is 1. The molecule has 0 spiro atoms. The molecule has 1 unspecified atom stereocenters. The Kier molecular flexibility index (Phi) is 6.87. The van der Waals surface area contributed by atoms with Gasteiger partial charge in [-0.05, 0) is 43.0 Å². The molecule has 2 amide bonds. The van der Waals surface area contributed by atoms with Gasteiger partial charge in [0.25, 0.3) is 5.24 Å². The summed E-state index contributed by atoms with van der Waals surface area (Å²) in [6.07, 6.45) is 4.68. The van der Waals surface area contributed by atoms with E-state index in [1.54, 1.807) is 18.2 Å². The van der Waals surface area contributed by atoms with E-state index >= 15 is 0 Å². The number of carbonyl (C=O) groups excluding carboxylic acids is 2. The Hall–Kier alpha value is -2.34. The van der Waals surface area contributed by atoms with Crippen molar-refractivity contribution in [2.75, 3.05) is 0 Å². The number of hydrogen-bond acceptors (Lipinski definition) is 4. The molecule has 1 saturated heterocycles. The number of hydrogen-bond donors (Lipinski definition) is 1. The normalized spacial score (nSPS) is 16.4. The van der Waals surface area contributed by atoms with Crippen molar-refractivity contribution < 1.29 is 18.7 Å². The van der Waals surface area contributed by atoms with Crippen LogP contribution in [-0.4, -0.2) is 16.4 Å². The van der Waals surface area contributed by atoms with E-state index < -0.39 is 0 Å². The molecule has 6 heteroatoms. The first-order valence-corrected chi connectivity index (χ1v) is 9.96. The number of thioether (sulfide) groups is 1.